The minimum atomic E-state index is -0.142. The summed E-state index contributed by atoms with van der Waals surface area (Å²) in [6.45, 7) is 6.27. The van der Waals surface area contributed by atoms with Gasteiger partial charge in [-0.1, -0.05) is 25.0 Å². The lowest BCUT2D eigenvalue weighted by Gasteiger charge is -2.03. The molecule has 0 spiro atoms. The third kappa shape index (κ3) is 2.63. The standard InChI is InChI=1S/C16H20FN/c1-4-5-13-10-18-16-12(7-6-11(2)3)8-14(17)9-15(13)16/h6,8-10,18H,4-5,7H2,1-3H3. The van der Waals surface area contributed by atoms with E-state index >= 15 is 0 Å². The van der Waals surface area contributed by atoms with Gasteiger partial charge in [0.1, 0.15) is 5.82 Å². The first kappa shape index (κ1) is 12.9. The van der Waals surface area contributed by atoms with Crippen LogP contribution in [-0.2, 0) is 12.8 Å². The molecule has 0 saturated heterocycles. The van der Waals surface area contributed by atoms with Crippen molar-refractivity contribution in [2.24, 2.45) is 0 Å². The summed E-state index contributed by atoms with van der Waals surface area (Å²) in [6.07, 6.45) is 7.00. The summed E-state index contributed by atoms with van der Waals surface area (Å²) < 4.78 is 13.7. The number of rotatable bonds is 4. The minimum Gasteiger partial charge on any atom is -0.361 e. The highest BCUT2D eigenvalue weighted by Gasteiger charge is 2.09. The molecular formula is C16H20FN. The van der Waals surface area contributed by atoms with Gasteiger partial charge in [-0.15, -0.1) is 0 Å². The molecule has 1 aromatic carbocycles. The first-order valence-corrected chi connectivity index (χ1v) is 6.53. The summed E-state index contributed by atoms with van der Waals surface area (Å²) in [7, 11) is 0. The van der Waals surface area contributed by atoms with Crippen molar-refractivity contribution >= 4 is 10.9 Å². The smallest absolute Gasteiger partial charge is 0.124 e. The Kier molecular flexibility index (Phi) is 3.85. The van der Waals surface area contributed by atoms with Crippen molar-refractivity contribution in [2.75, 3.05) is 0 Å². The molecule has 0 saturated carbocycles. The SMILES string of the molecule is CCCc1c[nH]c2c(CC=C(C)C)cc(F)cc12. The highest BCUT2D eigenvalue weighted by Crippen LogP contribution is 2.25. The fourth-order valence-electron chi connectivity index (χ4n) is 2.28. The average Bonchev–Trinajstić information content (AvgIpc) is 2.70. The Balaban J connectivity index is 2.49. The van der Waals surface area contributed by atoms with Gasteiger partial charge in [-0.2, -0.15) is 0 Å². The summed E-state index contributed by atoms with van der Waals surface area (Å²) >= 11 is 0. The van der Waals surface area contributed by atoms with Crippen molar-refractivity contribution in [3.05, 3.63) is 46.9 Å². The van der Waals surface area contributed by atoms with Crippen molar-refractivity contribution in [1.82, 2.24) is 4.98 Å². The van der Waals surface area contributed by atoms with Crippen LogP contribution >= 0.6 is 0 Å². The summed E-state index contributed by atoms with van der Waals surface area (Å²) in [5.41, 5.74) is 4.59. The summed E-state index contributed by atoms with van der Waals surface area (Å²) in [5.74, 6) is -0.142. The number of hydrogen-bond acceptors (Lipinski definition) is 0. The van der Waals surface area contributed by atoms with Crippen LogP contribution in [0.1, 0.15) is 38.3 Å². The van der Waals surface area contributed by atoms with E-state index in [1.165, 1.54) is 11.1 Å². The van der Waals surface area contributed by atoms with E-state index in [0.29, 0.717) is 0 Å². The van der Waals surface area contributed by atoms with Gasteiger partial charge in [-0.25, -0.2) is 4.39 Å². The molecule has 0 radical (unpaired) electrons. The van der Waals surface area contributed by atoms with Crippen LogP contribution in [0.15, 0.2) is 30.0 Å². The number of H-pyrrole nitrogens is 1. The van der Waals surface area contributed by atoms with Gasteiger partial charge in [0, 0.05) is 17.1 Å². The fraction of sp³-hybridized carbons (Fsp3) is 0.375. The van der Waals surface area contributed by atoms with Crippen molar-refractivity contribution in [3.8, 4) is 0 Å². The zero-order chi connectivity index (χ0) is 13.1. The molecule has 0 bridgehead atoms. The van der Waals surface area contributed by atoms with E-state index < -0.39 is 0 Å². The summed E-state index contributed by atoms with van der Waals surface area (Å²) in [4.78, 5) is 3.30. The molecule has 1 aromatic heterocycles. The van der Waals surface area contributed by atoms with E-state index in [4.69, 9.17) is 0 Å². The highest BCUT2D eigenvalue weighted by molar-refractivity contribution is 5.86. The average molecular weight is 245 g/mol. The number of aryl methyl sites for hydroxylation is 1. The van der Waals surface area contributed by atoms with Crippen LogP contribution < -0.4 is 0 Å². The molecule has 1 heterocycles. The van der Waals surface area contributed by atoms with E-state index in [-0.39, 0.29) is 5.82 Å². The third-order valence-corrected chi connectivity index (χ3v) is 3.17. The van der Waals surface area contributed by atoms with Crippen LogP contribution in [0.3, 0.4) is 0 Å². The van der Waals surface area contributed by atoms with Crippen LogP contribution in [0.25, 0.3) is 10.9 Å². The molecule has 2 heteroatoms. The van der Waals surface area contributed by atoms with E-state index in [0.717, 1.165) is 35.7 Å². The molecule has 0 aliphatic rings. The Labute approximate surface area is 108 Å². The summed E-state index contributed by atoms with van der Waals surface area (Å²) in [5, 5.41) is 1.04. The number of aromatic nitrogens is 1. The number of fused-ring (bicyclic) bond motifs is 1. The molecule has 0 unspecified atom stereocenters. The molecule has 0 atom stereocenters. The number of benzene rings is 1. The van der Waals surface area contributed by atoms with Crippen LogP contribution in [0.5, 0.6) is 0 Å². The maximum atomic E-state index is 13.7. The second-order valence-electron chi connectivity index (χ2n) is 5.04. The lowest BCUT2D eigenvalue weighted by Crippen LogP contribution is -1.88. The van der Waals surface area contributed by atoms with Crippen LogP contribution in [-0.4, -0.2) is 4.98 Å². The van der Waals surface area contributed by atoms with E-state index in [2.05, 4.69) is 31.8 Å². The van der Waals surface area contributed by atoms with Crippen molar-refractivity contribution in [2.45, 2.75) is 40.0 Å². The van der Waals surface area contributed by atoms with Gasteiger partial charge >= 0.3 is 0 Å². The zero-order valence-electron chi connectivity index (χ0n) is 11.3. The van der Waals surface area contributed by atoms with Crippen LogP contribution in [0.4, 0.5) is 4.39 Å². The number of allylic oxidation sites excluding steroid dienone is 2. The molecular weight excluding hydrogens is 225 g/mol. The van der Waals surface area contributed by atoms with Crippen molar-refractivity contribution in [3.63, 3.8) is 0 Å². The molecule has 2 rings (SSSR count). The predicted molar refractivity (Wildman–Crippen MR) is 75.4 cm³/mol. The van der Waals surface area contributed by atoms with Gasteiger partial charge < -0.3 is 4.98 Å². The molecule has 96 valence electrons. The number of aromatic amines is 1. The third-order valence-electron chi connectivity index (χ3n) is 3.17. The quantitative estimate of drug-likeness (QED) is 0.747. The summed E-state index contributed by atoms with van der Waals surface area (Å²) in [6, 6.07) is 3.27. The van der Waals surface area contributed by atoms with Gasteiger partial charge in [0.05, 0.1) is 0 Å². The topological polar surface area (TPSA) is 15.8 Å². The van der Waals surface area contributed by atoms with Gasteiger partial charge in [-0.05, 0) is 49.9 Å². The molecule has 18 heavy (non-hydrogen) atoms. The normalized spacial score (nSPS) is 10.9. The zero-order valence-corrected chi connectivity index (χ0v) is 11.3. The van der Waals surface area contributed by atoms with E-state index in [9.17, 15) is 4.39 Å². The van der Waals surface area contributed by atoms with E-state index in [1.54, 1.807) is 12.1 Å². The van der Waals surface area contributed by atoms with Gasteiger partial charge in [0.15, 0.2) is 0 Å². The minimum absolute atomic E-state index is 0.142. The fourth-order valence-corrected chi connectivity index (χ4v) is 2.28. The molecule has 0 amide bonds. The molecule has 0 aliphatic carbocycles. The predicted octanol–water partition coefficient (Wildman–Crippen LogP) is 4.77. The van der Waals surface area contributed by atoms with Gasteiger partial charge in [-0.3, -0.25) is 0 Å². The Morgan fingerprint density at radius 3 is 2.72 bits per heavy atom. The molecule has 0 fully saturated rings. The maximum Gasteiger partial charge on any atom is 0.124 e. The van der Waals surface area contributed by atoms with Crippen LogP contribution in [0.2, 0.25) is 0 Å². The number of hydrogen-bond donors (Lipinski definition) is 1. The molecule has 0 aliphatic heterocycles. The number of nitrogens with one attached hydrogen (secondary N) is 1. The monoisotopic (exact) mass is 245 g/mol. The Morgan fingerprint density at radius 2 is 2.06 bits per heavy atom. The lowest BCUT2D eigenvalue weighted by molar-refractivity contribution is 0.628. The molecule has 1 nitrogen and oxygen atoms in total. The van der Waals surface area contributed by atoms with Crippen LogP contribution in [0, 0.1) is 5.82 Å². The molecule has 1 N–H and O–H groups in total. The number of halogens is 1. The molecule has 2 aromatic rings. The lowest BCUT2D eigenvalue weighted by atomic mass is 10.0. The van der Waals surface area contributed by atoms with Gasteiger partial charge in [0.25, 0.3) is 0 Å². The maximum absolute atomic E-state index is 13.7. The van der Waals surface area contributed by atoms with Crippen molar-refractivity contribution in [1.29, 1.82) is 0 Å². The Bertz CT molecular complexity index is 574. The first-order valence-electron chi connectivity index (χ1n) is 6.53. The highest BCUT2D eigenvalue weighted by atomic mass is 19.1. The largest absolute Gasteiger partial charge is 0.361 e. The van der Waals surface area contributed by atoms with E-state index in [1.807, 2.05) is 6.20 Å². The first-order chi connectivity index (χ1) is 8.61. The second kappa shape index (κ2) is 5.38. The van der Waals surface area contributed by atoms with Gasteiger partial charge in [0.2, 0.25) is 0 Å². The second-order valence-corrected chi connectivity index (χ2v) is 5.04. The Hall–Kier alpha value is -1.57. The Morgan fingerprint density at radius 1 is 1.28 bits per heavy atom. The van der Waals surface area contributed by atoms with Crippen molar-refractivity contribution < 1.29 is 4.39 Å².